The van der Waals surface area contributed by atoms with Crippen molar-refractivity contribution in [2.75, 3.05) is 24.7 Å². The van der Waals surface area contributed by atoms with Crippen molar-refractivity contribution in [1.29, 1.82) is 0 Å². The summed E-state index contributed by atoms with van der Waals surface area (Å²) in [5.74, 6) is -0.366. The molecule has 1 unspecified atom stereocenters. The van der Waals surface area contributed by atoms with Crippen molar-refractivity contribution in [2.45, 2.75) is 26.2 Å². The van der Waals surface area contributed by atoms with Gasteiger partial charge in [0.1, 0.15) is 5.82 Å². The third kappa shape index (κ3) is 2.25. The number of fused-ring (bicyclic) bond motifs is 1. The van der Waals surface area contributed by atoms with Crippen molar-refractivity contribution in [3.8, 4) is 0 Å². The van der Waals surface area contributed by atoms with Crippen LogP contribution in [0.2, 0.25) is 0 Å². The number of aryl methyl sites for hydroxylation is 2. The number of rotatable bonds is 1. The summed E-state index contributed by atoms with van der Waals surface area (Å²) in [6.45, 7) is 3.60. The summed E-state index contributed by atoms with van der Waals surface area (Å²) in [6, 6.07) is 3.50. The fourth-order valence-electron chi connectivity index (χ4n) is 3.01. The van der Waals surface area contributed by atoms with E-state index in [4.69, 9.17) is 4.74 Å². The van der Waals surface area contributed by atoms with Crippen LogP contribution < -0.4 is 4.90 Å². The normalized spacial score (nSPS) is 22.4. The van der Waals surface area contributed by atoms with Gasteiger partial charge in [0.15, 0.2) is 0 Å². The number of amides is 1. The van der Waals surface area contributed by atoms with E-state index in [-0.39, 0.29) is 17.6 Å². The largest absolute Gasteiger partial charge is 0.381 e. The van der Waals surface area contributed by atoms with E-state index >= 15 is 0 Å². The Labute approximate surface area is 112 Å². The van der Waals surface area contributed by atoms with Gasteiger partial charge < -0.3 is 9.64 Å². The van der Waals surface area contributed by atoms with Crippen LogP contribution in [0.15, 0.2) is 12.1 Å². The van der Waals surface area contributed by atoms with E-state index < -0.39 is 0 Å². The van der Waals surface area contributed by atoms with E-state index in [1.165, 1.54) is 6.07 Å². The Balaban J connectivity index is 1.95. The first-order chi connectivity index (χ1) is 9.16. The van der Waals surface area contributed by atoms with Gasteiger partial charge in [0.05, 0.1) is 18.2 Å². The van der Waals surface area contributed by atoms with Gasteiger partial charge in [-0.1, -0.05) is 6.07 Å². The van der Waals surface area contributed by atoms with Crippen LogP contribution >= 0.6 is 0 Å². The first-order valence-electron chi connectivity index (χ1n) is 6.85. The van der Waals surface area contributed by atoms with E-state index in [1.807, 2.05) is 13.0 Å². The fraction of sp³-hybridized carbons (Fsp3) is 0.533. The van der Waals surface area contributed by atoms with Crippen molar-refractivity contribution in [1.82, 2.24) is 0 Å². The van der Waals surface area contributed by atoms with E-state index in [0.29, 0.717) is 25.4 Å². The second-order valence-corrected chi connectivity index (χ2v) is 5.41. The Morgan fingerprint density at radius 2 is 2.32 bits per heavy atom. The maximum absolute atomic E-state index is 14.2. The minimum absolute atomic E-state index is 0.0150. The highest BCUT2D eigenvalue weighted by molar-refractivity contribution is 5.96. The molecule has 0 radical (unpaired) electrons. The lowest BCUT2D eigenvalue weighted by atomic mass is 9.97. The summed E-state index contributed by atoms with van der Waals surface area (Å²) < 4.78 is 19.5. The third-order valence-corrected chi connectivity index (χ3v) is 3.93. The Hall–Kier alpha value is -1.42. The zero-order valence-electron chi connectivity index (χ0n) is 11.1. The first kappa shape index (κ1) is 12.6. The molecule has 1 fully saturated rings. The number of anilines is 1. The lowest BCUT2D eigenvalue weighted by molar-refractivity contribution is -0.122. The number of nitrogens with zero attached hydrogens (tertiary/aromatic N) is 1. The van der Waals surface area contributed by atoms with Crippen LogP contribution in [-0.2, 0) is 16.0 Å². The second kappa shape index (κ2) is 4.93. The molecule has 0 aliphatic carbocycles. The van der Waals surface area contributed by atoms with Gasteiger partial charge in [-0.25, -0.2) is 4.39 Å². The standard InChI is InChI=1S/C15H18FNO2/c1-10-7-11-3-2-5-17(14(11)13(16)8-10)15(18)12-4-6-19-9-12/h7-8,12H,2-6,9H2,1H3. The van der Waals surface area contributed by atoms with E-state index in [2.05, 4.69) is 0 Å². The summed E-state index contributed by atoms with van der Waals surface area (Å²) >= 11 is 0. The highest BCUT2D eigenvalue weighted by Crippen LogP contribution is 2.33. The van der Waals surface area contributed by atoms with E-state index in [0.717, 1.165) is 30.4 Å². The molecule has 19 heavy (non-hydrogen) atoms. The molecule has 2 heterocycles. The summed E-state index contributed by atoms with van der Waals surface area (Å²) in [4.78, 5) is 14.1. The zero-order chi connectivity index (χ0) is 13.4. The Kier molecular flexibility index (Phi) is 3.27. The van der Waals surface area contributed by atoms with Gasteiger partial charge >= 0.3 is 0 Å². The second-order valence-electron chi connectivity index (χ2n) is 5.41. The summed E-state index contributed by atoms with van der Waals surface area (Å²) in [5, 5.41) is 0. The fourth-order valence-corrected chi connectivity index (χ4v) is 3.01. The van der Waals surface area contributed by atoms with Gasteiger partial charge in [0.25, 0.3) is 0 Å². The molecule has 0 spiro atoms. The first-order valence-corrected chi connectivity index (χ1v) is 6.85. The molecule has 4 heteroatoms. The average Bonchev–Trinajstić information content (AvgIpc) is 2.90. The molecule has 0 aromatic heterocycles. The summed E-state index contributed by atoms with van der Waals surface area (Å²) in [5.41, 5.74) is 2.36. The molecule has 3 rings (SSSR count). The van der Waals surface area contributed by atoms with E-state index in [1.54, 1.807) is 4.90 Å². The predicted molar refractivity (Wildman–Crippen MR) is 70.7 cm³/mol. The topological polar surface area (TPSA) is 29.5 Å². The van der Waals surface area contributed by atoms with Crippen LogP contribution in [0.1, 0.15) is 24.0 Å². The lowest BCUT2D eigenvalue weighted by Gasteiger charge is -2.31. The number of hydrogen-bond acceptors (Lipinski definition) is 2. The minimum atomic E-state index is -0.276. The Bertz CT molecular complexity index is 509. The van der Waals surface area contributed by atoms with Crippen molar-refractivity contribution in [3.05, 3.63) is 29.1 Å². The molecule has 1 aromatic rings. The highest BCUT2D eigenvalue weighted by Gasteiger charge is 2.32. The Morgan fingerprint density at radius 3 is 3.05 bits per heavy atom. The number of carbonyl (C=O) groups is 1. The number of hydrogen-bond donors (Lipinski definition) is 0. The van der Waals surface area contributed by atoms with Crippen molar-refractivity contribution < 1.29 is 13.9 Å². The maximum Gasteiger partial charge on any atom is 0.232 e. The number of benzene rings is 1. The smallest absolute Gasteiger partial charge is 0.232 e. The van der Waals surface area contributed by atoms with Crippen molar-refractivity contribution in [2.24, 2.45) is 5.92 Å². The van der Waals surface area contributed by atoms with Crippen LogP contribution in [0.3, 0.4) is 0 Å². The summed E-state index contributed by atoms with van der Waals surface area (Å²) in [6.07, 6.45) is 2.49. The molecule has 2 aliphatic heterocycles. The van der Waals surface area contributed by atoms with Crippen molar-refractivity contribution in [3.63, 3.8) is 0 Å². The SMILES string of the molecule is Cc1cc(F)c2c(c1)CCCN2C(=O)C1CCOC1. The van der Waals surface area contributed by atoms with Crippen LogP contribution in [0.25, 0.3) is 0 Å². The highest BCUT2D eigenvalue weighted by atomic mass is 19.1. The minimum Gasteiger partial charge on any atom is -0.381 e. The molecule has 1 atom stereocenters. The third-order valence-electron chi connectivity index (χ3n) is 3.93. The van der Waals surface area contributed by atoms with Crippen LogP contribution in [0.5, 0.6) is 0 Å². The van der Waals surface area contributed by atoms with Gasteiger partial charge in [-0.15, -0.1) is 0 Å². The molecule has 0 N–H and O–H groups in total. The zero-order valence-corrected chi connectivity index (χ0v) is 11.1. The van der Waals surface area contributed by atoms with Crippen LogP contribution in [-0.4, -0.2) is 25.7 Å². The molecular formula is C15H18FNO2. The monoisotopic (exact) mass is 263 g/mol. The number of halogens is 1. The summed E-state index contributed by atoms with van der Waals surface area (Å²) in [7, 11) is 0. The van der Waals surface area contributed by atoms with Crippen LogP contribution in [0, 0.1) is 18.7 Å². The van der Waals surface area contributed by atoms with Gasteiger partial charge in [-0.3, -0.25) is 4.79 Å². The lowest BCUT2D eigenvalue weighted by Crippen LogP contribution is -2.40. The quantitative estimate of drug-likeness (QED) is 0.779. The Morgan fingerprint density at radius 1 is 1.47 bits per heavy atom. The van der Waals surface area contributed by atoms with Gasteiger partial charge in [-0.2, -0.15) is 0 Å². The molecule has 3 nitrogen and oxygen atoms in total. The van der Waals surface area contributed by atoms with E-state index in [9.17, 15) is 9.18 Å². The molecule has 2 aliphatic rings. The number of ether oxygens (including phenoxy) is 1. The maximum atomic E-state index is 14.2. The average molecular weight is 263 g/mol. The molecule has 1 amide bonds. The molecule has 102 valence electrons. The predicted octanol–water partition coefficient (Wildman–Crippen LogP) is 2.45. The molecule has 1 saturated heterocycles. The molecular weight excluding hydrogens is 245 g/mol. The van der Waals surface area contributed by atoms with Crippen molar-refractivity contribution >= 4 is 11.6 Å². The molecule has 0 saturated carbocycles. The van der Waals surface area contributed by atoms with Gasteiger partial charge in [0.2, 0.25) is 5.91 Å². The van der Waals surface area contributed by atoms with Gasteiger partial charge in [0, 0.05) is 13.2 Å². The van der Waals surface area contributed by atoms with Crippen LogP contribution in [0.4, 0.5) is 10.1 Å². The number of carbonyl (C=O) groups excluding carboxylic acids is 1. The molecule has 1 aromatic carbocycles. The molecule has 0 bridgehead atoms. The van der Waals surface area contributed by atoms with Gasteiger partial charge in [-0.05, 0) is 43.4 Å².